The van der Waals surface area contributed by atoms with Crippen LogP contribution in [0.5, 0.6) is 0 Å². The molecule has 0 aliphatic heterocycles. The zero-order chi connectivity index (χ0) is 17.8. The zero-order valence-corrected chi connectivity index (χ0v) is 12.8. The average Bonchev–Trinajstić information content (AvgIpc) is 3.25. The van der Waals surface area contributed by atoms with Crippen LogP contribution in [0, 0.1) is 0 Å². The van der Waals surface area contributed by atoms with Crippen LogP contribution in [0.2, 0.25) is 0 Å². The van der Waals surface area contributed by atoms with E-state index in [0.29, 0.717) is 0 Å². The molecule has 0 amide bonds. The number of carboxylic acids is 1. The number of aromatic nitrogens is 5. The lowest BCUT2D eigenvalue weighted by atomic mass is 10.2. The molecule has 0 aliphatic rings. The van der Waals surface area contributed by atoms with E-state index < -0.39 is 11.8 Å². The minimum absolute atomic E-state index is 0.0149. The van der Waals surface area contributed by atoms with E-state index in [-0.39, 0.29) is 29.4 Å². The number of nitrogens with zero attached hydrogens (tertiary/aromatic N) is 4. The Bertz CT molecular complexity index is 929. The Labute approximate surface area is 141 Å². The van der Waals surface area contributed by atoms with Gasteiger partial charge in [0.2, 0.25) is 5.78 Å². The van der Waals surface area contributed by atoms with Gasteiger partial charge in [0.15, 0.2) is 5.82 Å². The summed E-state index contributed by atoms with van der Waals surface area (Å²) in [5.74, 6) is -2.11. The molecule has 0 spiro atoms. The number of rotatable bonds is 6. The third kappa shape index (κ3) is 3.61. The molecule has 25 heavy (non-hydrogen) atoms. The van der Waals surface area contributed by atoms with E-state index in [0.717, 1.165) is 11.6 Å². The predicted molar refractivity (Wildman–Crippen MR) is 86.0 cm³/mol. The molecular formula is C16H13N5O4. The second-order valence-corrected chi connectivity index (χ2v) is 5.13. The van der Waals surface area contributed by atoms with Crippen molar-refractivity contribution in [3.8, 4) is 0 Å². The minimum Gasteiger partial charge on any atom is -0.507 e. The second kappa shape index (κ2) is 6.79. The van der Waals surface area contributed by atoms with Crippen molar-refractivity contribution in [1.29, 1.82) is 0 Å². The molecule has 0 aliphatic carbocycles. The summed E-state index contributed by atoms with van der Waals surface area (Å²) in [7, 11) is 0. The van der Waals surface area contributed by atoms with E-state index in [1.54, 1.807) is 24.5 Å². The van der Waals surface area contributed by atoms with Gasteiger partial charge in [0.1, 0.15) is 17.8 Å². The molecule has 9 heteroatoms. The topological polar surface area (TPSA) is 134 Å². The highest BCUT2D eigenvalue weighted by Gasteiger charge is 2.16. The fourth-order valence-electron chi connectivity index (χ4n) is 2.25. The van der Waals surface area contributed by atoms with Crippen LogP contribution in [0.4, 0.5) is 0 Å². The van der Waals surface area contributed by atoms with Crippen LogP contribution in [0.25, 0.3) is 5.76 Å². The van der Waals surface area contributed by atoms with Gasteiger partial charge >= 0.3 is 5.97 Å². The number of carboxylic acid groups (broad SMARTS) is 1. The maximum atomic E-state index is 11.9. The van der Waals surface area contributed by atoms with E-state index in [1.165, 1.54) is 23.2 Å². The third-order valence-electron chi connectivity index (χ3n) is 3.43. The van der Waals surface area contributed by atoms with Crippen molar-refractivity contribution < 1.29 is 19.8 Å². The van der Waals surface area contributed by atoms with Gasteiger partial charge < -0.3 is 14.8 Å². The van der Waals surface area contributed by atoms with Crippen LogP contribution in [0.3, 0.4) is 0 Å². The van der Waals surface area contributed by atoms with Gasteiger partial charge in [0.05, 0.1) is 0 Å². The lowest BCUT2D eigenvalue weighted by Crippen LogP contribution is -2.08. The molecule has 126 valence electrons. The predicted octanol–water partition coefficient (Wildman–Crippen LogP) is 1.53. The molecule has 0 fully saturated rings. The van der Waals surface area contributed by atoms with Gasteiger partial charge in [-0.1, -0.05) is 0 Å². The number of hydrogen-bond donors (Lipinski definition) is 3. The molecule has 0 atom stereocenters. The van der Waals surface area contributed by atoms with Crippen LogP contribution in [0.15, 0.2) is 49.2 Å². The number of pyridine rings is 1. The molecule has 9 nitrogen and oxygen atoms in total. The highest BCUT2D eigenvalue weighted by molar-refractivity contribution is 6.05. The smallest absolute Gasteiger partial charge is 0.352 e. The summed E-state index contributed by atoms with van der Waals surface area (Å²) in [5.41, 5.74) is 1.04. The number of carbonyl (C=O) groups is 2. The lowest BCUT2D eigenvalue weighted by molar-refractivity contribution is 0.0685. The SMILES string of the molecule is O=C(C=C(O)c1cc(C(=O)O)n(Cc2ccncc2)c1)c1ncn[nH]1. The van der Waals surface area contributed by atoms with Crippen molar-refractivity contribution in [3.05, 3.63) is 71.8 Å². The van der Waals surface area contributed by atoms with Gasteiger partial charge in [-0.3, -0.25) is 14.9 Å². The van der Waals surface area contributed by atoms with Gasteiger partial charge in [0.25, 0.3) is 0 Å². The Morgan fingerprint density at radius 3 is 2.64 bits per heavy atom. The number of aliphatic hydroxyl groups excluding tert-OH is 1. The maximum absolute atomic E-state index is 11.9. The molecule has 0 radical (unpaired) electrons. The summed E-state index contributed by atoms with van der Waals surface area (Å²) in [6, 6.07) is 4.81. The standard InChI is InChI=1S/C16H13N5O4/c22-13(6-14(23)15-18-9-19-20-15)11-5-12(16(24)25)21(8-11)7-10-1-3-17-4-2-10/h1-6,8-9,22H,7H2,(H,24,25)(H,18,19,20). The van der Waals surface area contributed by atoms with Gasteiger partial charge in [-0.25, -0.2) is 9.78 Å². The van der Waals surface area contributed by atoms with Crippen LogP contribution in [-0.2, 0) is 6.54 Å². The highest BCUT2D eigenvalue weighted by Crippen LogP contribution is 2.18. The molecule has 3 heterocycles. The van der Waals surface area contributed by atoms with Crippen LogP contribution in [0.1, 0.15) is 32.2 Å². The number of aromatic amines is 1. The van der Waals surface area contributed by atoms with E-state index in [1.807, 2.05) is 0 Å². The summed E-state index contributed by atoms with van der Waals surface area (Å²) >= 11 is 0. The molecule has 0 saturated carbocycles. The Morgan fingerprint density at radius 2 is 2.00 bits per heavy atom. The first-order valence-corrected chi connectivity index (χ1v) is 7.17. The highest BCUT2D eigenvalue weighted by atomic mass is 16.4. The lowest BCUT2D eigenvalue weighted by Gasteiger charge is -2.05. The first-order valence-electron chi connectivity index (χ1n) is 7.17. The van der Waals surface area contributed by atoms with Crippen molar-refractivity contribution in [1.82, 2.24) is 24.7 Å². The Hall–Kier alpha value is -3.75. The number of ketones is 1. The second-order valence-electron chi connectivity index (χ2n) is 5.13. The third-order valence-corrected chi connectivity index (χ3v) is 3.43. The zero-order valence-electron chi connectivity index (χ0n) is 12.8. The summed E-state index contributed by atoms with van der Waals surface area (Å²) in [4.78, 5) is 30.9. The summed E-state index contributed by atoms with van der Waals surface area (Å²) in [6.45, 7) is 0.285. The van der Waals surface area contributed by atoms with Crippen molar-refractivity contribution in [3.63, 3.8) is 0 Å². The van der Waals surface area contributed by atoms with Crippen molar-refractivity contribution in [2.75, 3.05) is 0 Å². The van der Waals surface area contributed by atoms with Gasteiger partial charge in [-0.05, 0) is 23.8 Å². The van der Waals surface area contributed by atoms with Crippen molar-refractivity contribution in [2.45, 2.75) is 6.54 Å². The molecule has 0 unspecified atom stereocenters. The molecule has 0 saturated heterocycles. The number of aliphatic hydroxyl groups is 1. The average molecular weight is 339 g/mol. The number of allylic oxidation sites excluding steroid dienone is 1. The minimum atomic E-state index is -1.14. The van der Waals surface area contributed by atoms with Gasteiger partial charge in [-0.2, -0.15) is 5.10 Å². The first kappa shape index (κ1) is 16.1. The summed E-state index contributed by atoms with van der Waals surface area (Å²) in [6.07, 6.45) is 6.80. The van der Waals surface area contributed by atoms with E-state index in [9.17, 15) is 19.8 Å². The molecular weight excluding hydrogens is 326 g/mol. The molecule has 0 bridgehead atoms. The van der Waals surface area contributed by atoms with Crippen LogP contribution >= 0.6 is 0 Å². The van der Waals surface area contributed by atoms with E-state index >= 15 is 0 Å². The van der Waals surface area contributed by atoms with E-state index in [4.69, 9.17) is 0 Å². The number of carbonyl (C=O) groups excluding carboxylic acids is 1. The number of H-pyrrole nitrogens is 1. The normalized spacial score (nSPS) is 11.4. The largest absolute Gasteiger partial charge is 0.507 e. The van der Waals surface area contributed by atoms with Gasteiger partial charge in [0, 0.05) is 36.8 Å². The quantitative estimate of drug-likeness (QED) is 0.352. The van der Waals surface area contributed by atoms with Crippen molar-refractivity contribution >= 4 is 17.5 Å². The number of hydrogen-bond acceptors (Lipinski definition) is 6. The molecule has 3 N–H and O–H groups in total. The summed E-state index contributed by atoms with van der Waals surface area (Å²) in [5, 5.41) is 25.4. The van der Waals surface area contributed by atoms with Crippen LogP contribution < -0.4 is 0 Å². The Balaban J connectivity index is 1.90. The monoisotopic (exact) mass is 339 g/mol. The summed E-state index contributed by atoms with van der Waals surface area (Å²) < 4.78 is 1.47. The number of aromatic carboxylic acids is 1. The molecule has 3 aromatic heterocycles. The number of nitrogens with one attached hydrogen (secondary N) is 1. The fraction of sp³-hybridized carbons (Fsp3) is 0.0625. The molecule has 3 aromatic rings. The van der Waals surface area contributed by atoms with Gasteiger partial charge in [-0.15, -0.1) is 0 Å². The maximum Gasteiger partial charge on any atom is 0.352 e. The van der Waals surface area contributed by atoms with Crippen LogP contribution in [-0.4, -0.2) is 46.7 Å². The molecule has 3 rings (SSSR count). The van der Waals surface area contributed by atoms with Crippen molar-refractivity contribution in [2.24, 2.45) is 0 Å². The first-order chi connectivity index (χ1) is 12.0. The fourth-order valence-corrected chi connectivity index (χ4v) is 2.25. The molecule has 0 aromatic carbocycles. The Morgan fingerprint density at radius 1 is 1.24 bits per heavy atom. The van der Waals surface area contributed by atoms with E-state index in [2.05, 4.69) is 20.2 Å². The Kier molecular flexibility index (Phi) is 4.38.